The number of ketones is 1. The van der Waals surface area contributed by atoms with E-state index in [0.717, 1.165) is 5.56 Å². The number of likely N-dealkylation sites (tertiary alicyclic amines) is 1. The molecule has 1 aliphatic heterocycles. The minimum absolute atomic E-state index is 0.0503. The van der Waals surface area contributed by atoms with Crippen molar-refractivity contribution < 1.29 is 23.8 Å². The Kier molecular flexibility index (Phi) is 5.49. The van der Waals surface area contributed by atoms with Crippen molar-refractivity contribution in [1.82, 2.24) is 9.88 Å². The number of pyridine rings is 1. The molecule has 3 aromatic rings. The van der Waals surface area contributed by atoms with Crippen LogP contribution in [0.4, 0.5) is 4.39 Å². The molecule has 2 aromatic carbocycles. The summed E-state index contributed by atoms with van der Waals surface area (Å²) in [5.74, 6) is -1.74. The second kappa shape index (κ2) is 8.39. The molecule has 1 saturated heterocycles. The van der Waals surface area contributed by atoms with Crippen LogP contribution in [-0.2, 0) is 16.1 Å². The predicted molar refractivity (Wildman–Crippen MR) is 111 cm³/mol. The van der Waals surface area contributed by atoms with Crippen molar-refractivity contribution in [2.45, 2.75) is 12.6 Å². The highest BCUT2D eigenvalue weighted by molar-refractivity contribution is 6.46. The average Bonchev–Trinajstić information content (AvgIpc) is 3.05. The Morgan fingerprint density at radius 1 is 1.10 bits per heavy atom. The molecule has 2 heterocycles. The van der Waals surface area contributed by atoms with Gasteiger partial charge in [-0.15, -0.1) is 0 Å². The first kappa shape index (κ1) is 20.3. The van der Waals surface area contributed by atoms with Crippen LogP contribution in [0.3, 0.4) is 0 Å². The van der Waals surface area contributed by atoms with Crippen LogP contribution in [0.5, 0.6) is 5.75 Å². The van der Waals surface area contributed by atoms with Crippen molar-refractivity contribution in [3.63, 3.8) is 0 Å². The zero-order chi connectivity index (χ0) is 22.0. The molecule has 7 heteroatoms. The molecule has 4 rings (SSSR count). The minimum Gasteiger partial charge on any atom is -0.507 e. The van der Waals surface area contributed by atoms with Gasteiger partial charge in [-0.2, -0.15) is 0 Å². The highest BCUT2D eigenvalue weighted by Gasteiger charge is 2.46. The van der Waals surface area contributed by atoms with Gasteiger partial charge < -0.3 is 14.7 Å². The molecule has 6 nitrogen and oxygen atoms in total. The molecule has 1 aromatic heterocycles. The summed E-state index contributed by atoms with van der Waals surface area (Å²) < 4.78 is 18.5. The van der Waals surface area contributed by atoms with E-state index in [1.807, 2.05) is 0 Å². The third-order valence-electron chi connectivity index (χ3n) is 5.16. The smallest absolute Gasteiger partial charge is 0.295 e. The normalized spacial score (nSPS) is 17.7. The maximum Gasteiger partial charge on any atom is 0.295 e. The van der Waals surface area contributed by atoms with Gasteiger partial charge in [-0.25, -0.2) is 4.39 Å². The Morgan fingerprint density at radius 3 is 2.42 bits per heavy atom. The third-order valence-corrected chi connectivity index (χ3v) is 5.16. The van der Waals surface area contributed by atoms with Crippen molar-refractivity contribution in [3.05, 3.63) is 101 Å². The van der Waals surface area contributed by atoms with E-state index in [1.165, 1.54) is 36.3 Å². The molecule has 31 heavy (non-hydrogen) atoms. The van der Waals surface area contributed by atoms with Gasteiger partial charge in [-0.05, 0) is 53.6 Å². The second-order valence-corrected chi connectivity index (χ2v) is 7.07. The molecule has 1 atom stereocenters. The highest BCUT2D eigenvalue weighted by atomic mass is 19.1. The van der Waals surface area contributed by atoms with E-state index < -0.39 is 23.5 Å². The summed E-state index contributed by atoms with van der Waals surface area (Å²) in [7, 11) is 1.54. The number of aliphatic hydroxyl groups excluding tert-OH is 1. The number of ether oxygens (including phenoxy) is 1. The maximum atomic E-state index is 13.3. The van der Waals surface area contributed by atoms with Crippen LogP contribution >= 0.6 is 0 Å². The number of methoxy groups -OCH3 is 1. The van der Waals surface area contributed by atoms with Gasteiger partial charge in [0.15, 0.2) is 0 Å². The molecule has 156 valence electrons. The molecule has 0 saturated carbocycles. The van der Waals surface area contributed by atoms with Crippen LogP contribution in [0.15, 0.2) is 78.6 Å². The summed E-state index contributed by atoms with van der Waals surface area (Å²) in [6, 6.07) is 14.7. The first-order valence-corrected chi connectivity index (χ1v) is 9.57. The minimum atomic E-state index is -0.823. The van der Waals surface area contributed by atoms with E-state index in [1.54, 1.807) is 48.8 Å². The quantitative estimate of drug-likeness (QED) is 0.387. The number of aromatic nitrogens is 1. The lowest BCUT2D eigenvalue weighted by atomic mass is 9.95. The SMILES string of the molecule is COc1ccc([C@H]2C(=C(O)c3ccc(F)cc3)C(=O)C(=O)N2Cc2cccnc2)cc1. The van der Waals surface area contributed by atoms with Crippen LogP contribution in [-0.4, -0.2) is 33.8 Å². The van der Waals surface area contributed by atoms with Gasteiger partial charge in [0.2, 0.25) is 0 Å². The van der Waals surface area contributed by atoms with Crippen LogP contribution in [0.2, 0.25) is 0 Å². The van der Waals surface area contributed by atoms with Gasteiger partial charge in [0.1, 0.15) is 17.3 Å². The summed E-state index contributed by atoms with van der Waals surface area (Å²) >= 11 is 0. The summed E-state index contributed by atoms with van der Waals surface area (Å²) in [6.45, 7) is 0.134. The van der Waals surface area contributed by atoms with Gasteiger partial charge in [0.05, 0.1) is 18.7 Å². The molecule has 1 amide bonds. The van der Waals surface area contributed by atoms with E-state index in [4.69, 9.17) is 4.74 Å². The number of Topliss-reactive ketones (excluding diaryl/α,β-unsaturated/α-hetero) is 1. The van der Waals surface area contributed by atoms with Crippen molar-refractivity contribution in [1.29, 1.82) is 0 Å². The number of halogens is 1. The second-order valence-electron chi connectivity index (χ2n) is 7.07. The van der Waals surface area contributed by atoms with Crippen LogP contribution in [0, 0.1) is 5.82 Å². The van der Waals surface area contributed by atoms with Crippen molar-refractivity contribution in [3.8, 4) is 5.75 Å². The Labute approximate surface area is 178 Å². The number of aliphatic hydroxyl groups is 1. The number of carbonyl (C=O) groups excluding carboxylic acids is 2. The van der Waals surface area contributed by atoms with E-state index in [0.29, 0.717) is 11.3 Å². The number of rotatable bonds is 5. The lowest BCUT2D eigenvalue weighted by Crippen LogP contribution is -2.29. The zero-order valence-corrected chi connectivity index (χ0v) is 16.7. The van der Waals surface area contributed by atoms with Gasteiger partial charge >= 0.3 is 0 Å². The average molecular weight is 418 g/mol. The first-order chi connectivity index (χ1) is 15.0. The van der Waals surface area contributed by atoms with Gasteiger partial charge in [0, 0.05) is 24.5 Å². The number of hydrogen-bond donors (Lipinski definition) is 1. The zero-order valence-electron chi connectivity index (χ0n) is 16.7. The fourth-order valence-electron chi connectivity index (χ4n) is 3.63. The summed E-state index contributed by atoms with van der Waals surface area (Å²) in [5.41, 5.74) is 1.57. The molecule has 0 aliphatic carbocycles. The van der Waals surface area contributed by atoms with Crippen LogP contribution in [0.25, 0.3) is 5.76 Å². The molecule has 0 spiro atoms. The summed E-state index contributed by atoms with van der Waals surface area (Å²) in [5, 5.41) is 10.9. The van der Waals surface area contributed by atoms with E-state index in [9.17, 15) is 19.1 Å². The van der Waals surface area contributed by atoms with Crippen molar-refractivity contribution in [2.75, 3.05) is 7.11 Å². The number of benzene rings is 2. The standard InChI is InChI=1S/C24H19FN2O4/c1-31-19-10-6-16(7-11-19)21-20(22(28)17-4-8-18(25)9-5-17)23(29)24(30)27(21)14-15-3-2-12-26-13-15/h2-13,21,28H,14H2,1H3/t21-/m0/s1. The molecule has 0 bridgehead atoms. The number of nitrogens with zero attached hydrogens (tertiary/aromatic N) is 2. The van der Waals surface area contributed by atoms with E-state index in [-0.39, 0.29) is 23.4 Å². The first-order valence-electron chi connectivity index (χ1n) is 9.57. The molecule has 1 aliphatic rings. The third kappa shape index (κ3) is 3.90. The molecular weight excluding hydrogens is 399 g/mol. The summed E-state index contributed by atoms with van der Waals surface area (Å²) in [6.07, 6.45) is 3.23. The highest BCUT2D eigenvalue weighted by Crippen LogP contribution is 2.40. The maximum absolute atomic E-state index is 13.3. The Balaban J connectivity index is 1.85. The number of carbonyl (C=O) groups is 2. The lowest BCUT2D eigenvalue weighted by Gasteiger charge is -2.25. The lowest BCUT2D eigenvalue weighted by molar-refractivity contribution is -0.140. The Morgan fingerprint density at radius 2 is 1.81 bits per heavy atom. The van der Waals surface area contributed by atoms with Crippen LogP contribution < -0.4 is 4.74 Å². The predicted octanol–water partition coefficient (Wildman–Crippen LogP) is 3.85. The molecule has 0 radical (unpaired) electrons. The summed E-state index contributed by atoms with van der Waals surface area (Å²) in [4.78, 5) is 31.4. The molecule has 1 N–H and O–H groups in total. The number of hydrogen-bond acceptors (Lipinski definition) is 5. The van der Waals surface area contributed by atoms with Gasteiger partial charge in [0.25, 0.3) is 11.7 Å². The van der Waals surface area contributed by atoms with E-state index >= 15 is 0 Å². The molecular formula is C24H19FN2O4. The fraction of sp³-hybridized carbons (Fsp3) is 0.125. The van der Waals surface area contributed by atoms with Crippen molar-refractivity contribution >= 4 is 17.4 Å². The number of amides is 1. The molecule has 0 unspecified atom stereocenters. The fourth-order valence-corrected chi connectivity index (χ4v) is 3.63. The van der Waals surface area contributed by atoms with Gasteiger partial charge in [-0.1, -0.05) is 18.2 Å². The topological polar surface area (TPSA) is 79.7 Å². The Hall–Kier alpha value is -4.00. The molecule has 1 fully saturated rings. The van der Waals surface area contributed by atoms with Crippen LogP contribution in [0.1, 0.15) is 22.7 Å². The monoisotopic (exact) mass is 418 g/mol. The largest absolute Gasteiger partial charge is 0.507 e. The van der Waals surface area contributed by atoms with E-state index in [2.05, 4.69) is 4.98 Å². The van der Waals surface area contributed by atoms with Gasteiger partial charge in [-0.3, -0.25) is 14.6 Å². The Bertz CT molecular complexity index is 1140. The van der Waals surface area contributed by atoms with Crippen molar-refractivity contribution in [2.24, 2.45) is 0 Å².